The van der Waals surface area contributed by atoms with Crippen molar-refractivity contribution in [1.82, 2.24) is 0 Å². The van der Waals surface area contributed by atoms with Gasteiger partial charge in [-0.15, -0.1) is 0 Å². The van der Waals surface area contributed by atoms with Gasteiger partial charge in [0.25, 0.3) is 0 Å². The van der Waals surface area contributed by atoms with Crippen LogP contribution in [0.2, 0.25) is 0 Å². The number of unbranched alkanes of at least 4 members (excludes halogenated alkanes) is 17. The SMILES string of the molecule is CCCCCCCCCCCCCCCCCC(=O)OCCOCCOCCOCCOCCOCCOCCOC(=O)CCCCCC. The molecule has 0 atom stereocenters. The Morgan fingerprint density at radius 3 is 0.755 bits per heavy atom. The van der Waals surface area contributed by atoms with E-state index in [1.165, 1.54) is 83.5 Å². The normalized spacial score (nSPS) is 11.3. The van der Waals surface area contributed by atoms with Crippen molar-refractivity contribution in [2.45, 2.75) is 149 Å². The van der Waals surface area contributed by atoms with Crippen molar-refractivity contribution >= 4 is 11.9 Å². The first-order valence-corrected chi connectivity index (χ1v) is 20.0. The van der Waals surface area contributed by atoms with Gasteiger partial charge in [0, 0.05) is 12.8 Å². The second kappa shape index (κ2) is 42.9. The van der Waals surface area contributed by atoms with E-state index in [1.807, 2.05) is 0 Å². The van der Waals surface area contributed by atoms with Crippen LogP contribution in [0.1, 0.15) is 149 Å². The van der Waals surface area contributed by atoms with Gasteiger partial charge in [-0.05, 0) is 12.8 Å². The number of carbonyl (C=O) groups excluding carboxylic acids is 2. The zero-order valence-corrected chi connectivity index (χ0v) is 31.8. The smallest absolute Gasteiger partial charge is 0.305 e. The molecule has 0 unspecified atom stereocenters. The molecule has 0 saturated heterocycles. The largest absolute Gasteiger partial charge is 0.463 e. The molecular weight excluding hydrogens is 628 g/mol. The summed E-state index contributed by atoms with van der Waals surface area (Å²) in [7, 11) is 0. The summed E-state index contributed by atoms with van der Waals surface area (Å²) in [5.74, 6) is -0.282. The number of esters is 2. The molecule has 0 amide bonds. The summed E-state index contributed by atoms with van der Waals surface area (Å²) in [5, 5.41) is 0. The lowest BCUT2D eigenvalue weighted by molar-refractivity contribution is -0.146. The predicted molar refractivity (Wildman–Crippen MR) is 195 cm³/mol. The van der Waals surface area contributed by atoms with Gasteiger partial charge in [-0.3, -0.25) is 9.59 Å². The maximum atomic E-state index is 11.9. The van der Waals surface area contributed by atoms with Gasteiger partial charge in [0.05, 0.1) is 79.3 Å². The van der Waals surface area contributed by atoms with Crippen LogP contribution in [0.15, 0.2) is 0 Å². The van der Waals surface area contributed by atoms with Crippen LogP contribution in [0, 0.1) is 0 Å². The van der Waals surface area contributed by atoms with E-state index in [-0.39, 0.29) is 25.2 Å². The molecule has 0 bridgehead atoms. The number of carbonyl (C=O) groups is 2. The highest BCUT2D eigenvalue weighted by molar-refractivity contribution is 5.69. The summed E-state index contributed by atoms with van der Waals surface area (Å²) in [6, 6.07) is 0. The lowest BCUT2D eigenvalue weighted by Gasteiger charge is -2.09. The third-order valence-electron chi connectivity index (χ3n) is 8.06. The van der Waals surface area contributed by atoms with Gasteiger partial charge in [0.2, 0.25) is 0 Å². The van der Waals surface area contributed by atoms with E-state index in [9.17, 15) is 9.59 Å². The molecule has 0 aromatic heterocycles. The molecule has 0 radical (unpaired) electrons. The van der Waals surface area contributed by atoms with Crippen LogP contribution < -0.4 is 0 Å². The molecule has 0 saturated carbocycles. The van der Waals surface area contributed by atoms with Crippen LogP contribution in [0.5, 0.6) is 0 Å². The van der Waals surface area contributed by atoms with Crippen molar-refractivity contribution in [1.29, 1.82) is 0 Å². The highest BCUT2D eigenvalue weighted by Gasteiger charge is 2.04. The standard InChI is InChI=1S/C39H76O10/c1-3-5-7-9-10-11-12-13-14-15-16-17-18-19-21-23-39(41)49-37-35-47-33-31-45-29-27-43-25-24-42-26-28-44-30-32-46-34-36-48-38(40)22-20-8-6-4-2/h3-37H2,1-2H3. The number of hydrogen-bond acceptors (Lipinski definition) is 10. The quantitative estimate of drug-likeness (QED) is 0.0454. The minimum absolute atomic E-state index is 0.131. The molecule has 0 rings (SSSR count). The molecule has 0 fully saturated rings. The van der Waals surface area contributed by atoms with Crippen molar-refractivity contribution < 1.29 is 47.5 Å². The van der Waals surface area contributed by atoms with Crippen molar-refractivity contribution in [3.8, 4) is 0 Å². The van der Waals surface area contributed by atoms with Crippen LogP contribution >= 0.6 is 0 Å². The third kappa shape index (κ3) is 42.8. The fourth-order valence-electron chi connectivity index (χ4n) is 5.11. The molecule has 0 aliphatic carbocycles. The van der Waals surface area contributed by atoms with Crippen molar-refractivity contribution in [2.75, 3.05) is 92.5 Å². The Morgan fingerprint density at radius 2 is 0.490 bits per heavy atom. The molecule has 0 aliphatic rings. The van der Waals surface area contributed by atoms with Crippen LogP contribution in [-0.4, -0.2) is 104 Å². The zero-order chi connectivity index (χ0) is 35.6. The van der Waals surface area contributed by atoms with E-state index in [0.29, 0.717) is 92.1 Å². The third-order valence-corrected chi connectivity index (χ3v) is 8.06. The lowest BCUT2D eigenvalue weighted by Crippen LogP contribution is -2.15. The van der Waals surface area contributed by atoms with Gasteiger partial charge in [0.15, 0.2) is 0 Å². The maximum absolute atomic E-state index is 11.9. The van der Waals surface area contributed by atoms with Crippen molar-refractivity contribution in [3.05, 3.63) is 0 Å². The second-order valence-corrected chi connectivity index (χ2v) is 12.6. The molecule has 0 aromatic carbocycles. The average Bonchev–Trinajstić information content (AvgIpc) is 3.10. The lowest BCUT2D eigenvalue weighted by atomic mass is 10.0. The van der Waals surface area contributed by atoms with E-state index in [1.54, 1.807) is 0 Å². The Labute approximate surface area is 300 Å². The molecular formula is C39H76O10. The second-order valence-electron chi connectivity index (χ2n) is 12.6. The fraction of sp³-hybridized carbons (Fsp3) is 0.949. The Balaban J connectivity index is 3.17. The Kier molecular flexibility index (Phi) is 41.7. The molecule has 49 heavy (non-hydrogen) atoms. The molecule has 10 heteroatoms. The predicted octanol–water partition coefficient (Wildman–Crippen LogP) is 8.40. The maximum Gasteiger partial charge on any atom is 0.305 e. The van der Waals surface area contributed by atoms with Crippen molar-refractivity contribution in [2.24, 2.45) is 0 Å². The van der Waals surface area contributed by atoms with Crippen molar-refractivity contribution in [3.63, 3.8) is 0 Å². The molecule has 0 aromatic rings. The summed E-state index contributed by atoms with van der Waals surface area (Å²) in [5.41, 5.74) is 0. The van der Waals surface area contributed by atoms with Crippen LogP contribution in [-0.2, 0) is 47.5 Å². The van der Waals surface area contributed by atoms with Crippen LogP contribution in [0.3, 0.4) is 0 Å². The Bertz CT molecular complexity index is 664. The molecule has 0 aliphatic heterocycles. The van der Waals surface area contributed by atoms with E-state index in [2.05, 4.69) is 13.8 Å². The minimum atomic E-state index is -0.151. The van der Waals surface area contributed by atoms with Crippen LogP contribution in [0.25, 0.3) is 0 Å². The minimum Gasteiger partial charge on any atom is -0.463 e. The van der Waals surface area contributed by atoms with Gasteiger partial charge in [-0.25, -0.2) is 0 Å². The van der Waals surface area contributed by atoms with E-state index < -0.39 is 0 Å². The van der Waals surface area contributed by atoms with Gasteiger partial charge in [0.1, 0.15) is 13.2 Å². The summed E-state index contributed by atoms with van der Waals surface area (Å²) >= 11 is 0. The molecule has 10 nitrogen and oxygen atoms in total. The number of rotatable bonds is 42. The molecule has 0 spiro atoms. The topological polar surface area (TPSA) is 108 Å². The highest BCUT2D eigenvalue weighted by atomic mass is 16.6. The van der Waals surface area contributed by atoms with Crippen LogP contribution in [0.4, 0.5) is 0 Å². The molecule has 0 heterocycles. The summed E-state index contributed by atoms with van der Waals surface area (Å²) in [4.78, 5) is 23.4. The summed E-state index contributed by atoms with van der Waals surface area (Å²) in [6.07, 6.45) is 25.0. The Hall–Kier alpha value is -1.30. The number of ether oxygens (including phenoxy) is 8. The van der Waals surface area contributed by atoms with E-state index in [4.69, 9.17) is 37.9 Å². The summed E-state index contributed by atoms with van der Waals surface area (Å²) < 4.78 is 43.2. The first kappa shape index (κ1) is 47.7. The first-order valence-electron chi connectivity index (χ1n) is 20.0. The van der Waals surface area contributed by atoms with E-state index in [0.717, 1.165) is 38.5 Å². The average molecular weight is 705 g/mol. The fourth-order valence-corrected chi connectivity index (χ4v) is 5.11. The van der Waals surface area contributed by atoms with Gasteiger partial charge in [-0.1, -0.05) is 123 Å². The number of hydrogen-bond donors (Lipinski definition) is 0. The molecule has 292 valence electrons. The zero-order valence-electron chi connectivity index (χ0n) is 31.8. The highest BCUT2D eigenvalue weighted by Crippen LogP contribution is 2.14. The van der Waals surface area contributed by atoms with Gasteiger partial charge >= 0.3 is 11.9 Å². The molecule has 0 N–H and O–H groups in total. The first-order chi connectivity index (χ1) is 24.2. The summed E-state index contributed by atoms with van der Waals surface area (Å²) in [6.45, 7) is 10.5. The van der Waals surface area contributed by atoms with E-state index >= 15 is 0 Å². The Morgan fingerprint density at radius 1 is 0.286 bits per heavy atom. The van der Waals surface area contributed by atoms with Gasteiger partial charge < -0.3 is 37.9 Å². The monoisotopic (exact) mass is 705 g/mol. The van der Waals surface area contributed by atoms with Gasteiger partial charge in [-0.2, -0.15) is 0 Å².